The molecule has 6 nitrogen and oxygen atoms in total. The van der Waals surface area contributed by atoms with Gasteiger partial charge in [0, 0.05) is 12.1 Å². The zero-order valence-corrected chi connectivity index (χ0v) is 12.2. The van der Waals surface area contributed by atoms with Crippen LogP contribution in [-0.4, -0.2) is 18.2 Å². The number of halogens is 1. The maximum atomic E-state index is 13.3. The van der Waals surface area contributed by atoms with Crippen molar-refractivity contribution in [3.05, 3.63) is 41.8 Å². The summed E-state index contributed by atoms with van der Waals surface area (Å²) in [6.45, 7) is 3.72. The van der Waals surface area contributed by atoms with Gasteiger partial charge in [0.05, 0.1) is 16.7 Å². The van der Waals surface area contributed by atoms with Gasteiger partial charge >= 0.3 is 0 Å². The van der Waals surface area contributed by atoms with Crippen molar-refractivity contribution < 1.29 is 12.8 Å². The van der Waals surface area contributed by atoms with Crippen molar-refractivity contribution in [1.82, 2.24) is 9.78 Å². The molecule has 2 rings (SSSR count). The Morgan fingerprint density at radius 3 is 2.71 bits per heavy atom. The van der Waals surface area contributed by atoms with Crippen LogP contribution in [0.3, 0.4) is 0 Å². The molecule has 0 aliphatic carbocycles. The second kappa shape index (κ2) is 5.54. The Bertz CT molecular complexity index is 806. The van der Waals surface area contributed by atoms with Gasteiger partial charge in [-0.1, -0.05) is 0 Å². The van der Waals surface area contributed by atoms with Crippen molar-refractivity contribution in [1.29, 1.82) is 5.26 Å². The van der Waals surface area contributed by atoms with Gasteiger partial charge in [-0.3, -0.25) is 4.72 Å². The number of nitrogens with zero attached hydrogens (tertiary/aromatic N) is 3. The predicted octanol–water partition coefficient (Wildman–Crippen LogP) is 2.28. The molecule has 0 atom stereocenters. The molecule has 0 saturated heterocycles. The van der Waals surface area contributed by atoms with Crippen LogP contribution in [0.2, 0.25) is 0 Å². The highest BCUT2D eigenvalue weighted by Crippen LogP contribution is 2.20. The number of benzene rings is 1. The maximum absolute atomic E-state index is 13.3. The van der Waals surface area contributed by atoms with Crippen LogP contribution in [0.1, 0.15) is 25.5 Å². The maximum Gasteiger partial charge on any atom is 0.263 e. The highest BCUT2D eigenvalue weighted by Gasteiger charge is 2.19. The van der Waals surface area contributed by atoms with Gasteiger partial charge in [-0.25, -0.2) is 17.5 Å². The van der Waals surface area contributed by atoms with Gasteiger partial charge in [0.25, 0.3) is 10.0 Å². The minimum Gasteiger partial charge on any atom is -0.264 e. The Hall–Kier alpha value is -2.40. The standard InChI is InChI=1S/C13H13FN4O2S/c1-9(2)18-13(5-6-16-18)17-21(19,20)11-3-4-12(14)10(7-11)8-15/h3-7,9,17H,1-2H3. The van der Waals surface area contributed by atoms with Gasteiger partial charge in [-0.15, -0.1) is 0 Å². The molecule has 0 spiro atoms. The SMILES string of the molecule is CC(C)n1nccc1NS(=O)(=O)c1ccc(F)c(C#N)c1. The fourth-order valence-electron chi connectivity index (χ4n) is 1.76. The summed E-state index contributed by atoms with van der Waals surface area (Å²) in [5.41, 5.74) is -0.324. The summed E-state index contributed by atoms with van der Waals surface area (Å²) in [5, 5.41) is 12.8. The van der Waals surface area contributed by atoms with Crippen LogP contribution in [0.5, 0.6) is 0 Å². The first kappa shape index (κ1) is 15.0. The zero-order valence-electron chi connectivity index (χ0n) is 11.4. The molecule has 21 heavy (non-hydrogen) atoms. The van der Waals surface area contributed by atoms with Crippen LogP contribution in [-0.2, 0) is 10.0 Å². The average Bonchev–Trinajstić information content (AvgIpc) is 2.86. The molecule has 0 saturated carbocycles. The number of sulfonamides is 1. The summed E-state index contributed by atoms with van der Waals surface area (Å²) in [6.07, 6.45) is 1.48. The molecule has 0 bridgehead atoms. The lowest BCUT2D eigenvalue weighted by Gasteiger charge is -2.13. The smallest absolute Gasteiger partial charge is 0.263 e. The summed E-state index contributed by atoms with van der Waals surface area (Å²) in [4.78, 5) is -0.183. The Morgan fingerprint density at radius 2 is 2.10 bits per heavy atom. The van der Waals surface area contributed by atoms with Crippen LogP contribution >= 0.6 is 0 Å². The van der Waals surface area contributed by atoms with Crippen molar-refractivity contribution in [2.45, 2.75) is 24.8 Å². The first-order valence-electron chi connectivity index (χ1n) is 6.11. The molecule has 0 fully saturated rings. The lowest BCUT2D eigenvalue weighted by atomic mass is 10.2. The Labute approximate surface area is 121 Å². The first-order valence-corrected chi connectivity index (χ1v) is 7.59. The topological polar surface area (TPSA) is 87.8 Å². The number of nitrogens with one attached hydrogen (secondary N) is 1. The van der Waals surface area contributed by atoms with Crippen molar-refractivity contribution in [2.75, 3.05) is 4.72 Å². The highest BCUT2D eigenvalue weighted by molar-refractivity contribution is 7.92. The van der Waals surface area contributed by atoms with E-state index in [-0.39, 0.29) is 16.5 Å². The molecule has 0 aliphatic rings. The molecule has 1 aromatic carbocycles. The minimum absolute atomic E-state index is 0.0272. The molecular formula is C13H13FN4O2S. The summed E-state index contributed by atoms with van der Waals surface area (Å²) < 4.78 is 41.7. The van der Waals surface area contributed by atoms with Gasteiger partial charge < -0.3 is 0 Å². The average molecular weight is 308 g/mol. The molecule has 1 N–H and O–H groups in total. The third-order valence-electron chi connectivity index (χ3n) is 2.77. The molecule has 0 unspecified atom stereocenters. The molecule has 0 amide bonds. The van der Waals surface area contributed by atoms with Crippen molar-refractivity contribution in [2.24, 2.45) is 0 Å². The van der Waals surface area contributed by atoms with E-state index < -0.39 is 15.8 Å². The van der Waals surface area contributed by atoms with E-state index in [4.69, 9.17) is 5.26 Å². The molecular weight excluding hydrogens is 295 g/mol. The second-order valence-electron chi connectivity index (χ2n) is 4.61. The van der Waals surface area contributed by atoms with Crippen molar-refractivity contribution in [3.8, 4) is 6.07 Å². The van der Waals surface area contributed by atoms with Gasteiger partial charge in [0.2, 0.25) is 0 Å². The summed E-state index contributed by atoms with van der Waals surface area (Å²) >= 11 is 0. The fraction of sp³-hybridized carbons (Fsp3) is 0.231. The number of nitriles is 1. The number of anilines is 1. The second-order valence-corrected chi connectivity index (χ2v) is 6.30. The van der Waals surface area contributed by atoms with Crippen LogP contribution in [0.4, 0.5) is 10.2 Å². The van der Waals surface area contributed by atoms with E-state index in [9.17, 15) is 12.8 Å². The predicted molar refractivity (Wildman–Crippen MR) is 74.5 cm³/mol. The third-order valence-corrected chi connectivity index (χ3v) is 4.12. The summed E-state index contributed by atoms with van der Waals surface area (Å²) in [5.74, 6) is -0.462. The monoisotopic (exact) mass is 308 g/mol. The lowest BCUT2D eigenvalue weighted by Crippen LogP contribution is -2.17. The Balaban J connectivity index is 2.39. The molecule has 1 heterocycles. The Morgan fingerprint density at radius 1 is 1.38 bits per heavy atom. The molecule has 2 aromatic rings. The fourth-order valence-corrected chi connectivity index (χ4v) is 2.84. The normalized spacial score (nSPS) is 11.4. The molecule has 0 radical (unpaired) electrons. The summed E-state index contributed by atoms with van der Waals surface area (Å²) in [6, 6.07) is 6.16. The lowest BCUT2D eigenvalue weighted by molar-refractivity contribution is 0.539. The van der Waals surface area contributed by atoms with Crippen LogP contribution < -0.4 is 4.72 Å². The van der Waals surface area contributed by atoms with Gasteiger partial charge in [-0.2, -0.15) is 10.4 Å². The number of rotatable bonds is 4. The van der Waals surface area contributed by atoms with E-state index in [1.807, 2.05) is 13.8 Å². The molecule has 0 aliphatic heterocycles. The first-order chi connectivity index (χ1) is 9.85. The van der Waals surface area contributed by atoms with Gasteiger partial charge in [0.1, 0.15) is 17.7 Å². The van der Waals surface area contributed by atoms with Crippen LogP contribution in [0.25, 0.3) is 0 Å². The van der Waals surface area contributed by atoms with Gasteiger partial charge in [0.15, 0.2) is 0 Å². The largest absolute Gasteiger partial charge is 0.264 e. The van der Waals surface area contributed by atoms with Crippen molar-refractivity contribution >= 4 is 15.8 Å². The van der Waals surface area contributed by atoms with E-state index >= 15 is 0 Å². The van der Waals surface area contributed by atoms with E-state index in [0.29, 0.717) is 5.82 Å². The number of hydrogen-bond donors (Lipinski definition) is 1. The van der Waals surface area contributed by atoms with E-state index in [0.717, 1.165) is 18.2 Å². The van der Waals surface area contributed by atoms with E-state index in [1.165, 1.54) is 16.9 Å². The molecule has 110 valence electrons. The van der Waals surface area contributed by atoms with Crippen LogP contribution in [0.15, 0.2) is 35.4 Å². The van der Waals surface area contributed by atoms with Crippen molar-refractivity contribution in [3.63, 3.8) is 0 Å². The summed E-state index contributed by atoms with van der Waals surface area (Å²) in [7, 11) is -3.92. The quantitative estimate of drug-likeness (QED) is 0.938. The Kier molecular flexibility index (Phi) is 3.95. The minimum atomic E-state index is -3.92. The third kappa shape index (κ3) is 3.03. The van der Waals surface area contributed by atoms with E-state index in [1.54, 1.807) is 6.07 Å². The molecule has 1 aromatic heterocycles. The number of aromatic nitrogens is 2. The highest BCUT2D eigenvalue weighted by atomic mass is 32.2. The number of hydrogen-bond acceptors (Lipinski definition) is 4. The van der Waals surface area contributed by atoms with Gasteiger partial charge in [-0.05, 0) is 32.0 Å². The van der Waals surface area contributed by atoms with Crippen LogP contribution in [0, 0.1) is 17.1 Å². The zero-order chi connectivity index (χ0) is 15.6. The van der Waals surface area contributed by atoms with E-state index in [2.05, 4.69) is 9.82 Å². The molecule has 8 heteroatoms.